The third kappa shape index (κ3) is 5.80. The number of rotatable bonds is 7. The largest absolute Gasteiger partial charge is 0.484 e. The summed E-state index contributed by atoms with van der Waals surface area (Å²) in [6.45, 7) is 6.06. The van der Waals surface area contributed by atoms with Crippen LogP contribution in [0, 0.1) is 20.8 Å². The van der Waals surface area contributed by atoms with E-state index in [-0.39, 0.29) is 12.5 Å². The number of hydrogen-bond acceptors (Lipinski definition) is 6. The number of nitrogens with zero attached hydrogens (tertiary/aromatic N) is 2. The Labute approximate surface area is 167 Å². The Hall–Kier alpha value is -2.38. The van der Waals surface area contributed by atoms with Gasteiger partial charge in [0.2, 0.25) is 5.13 Å². The van der Waals surface area contributed by atoms with Gasteiger partial charge >= 0.3 is 0 Å². The highest BCUT2D eigenvalue weighted by Crippen LogP contribution is 2.28. The summed E-state index contributed by atoms with van der Waals surface area (Å²) in [6, 6.07) is 14.2. The molecule has 2 aromatic carbocycles. The molecule has 27 heavy (non-hydrogen) atoms. The van der Waals surface area contributed by atoms with Crippen molar-refractivity contribution in [1.82, 2.24) is 10.2 Å². The van der Waals surface area contributed by atoms with Gasteiger partial charge in [-0.15, -0.1) is 10.2 Å². The van der Waals surface area contributed by atoms with Crippen molar-refractivity contribution in [1.29, 1.82) is 0 Å². The Balaban J connectivity index is 1.47. The van der Waals surface area contributed by atoms with Crippen LogP contribution in [0.1, 0.15) is 22.3 Å². The second-order valence-electron chi connectivity index (χ2n) is 6.23. The minimum atomic E-state index is -0.250. The molecule has 1 aromatic heterocycles. The fourth-order valence-electron chi connectivity index (χ4n) is 2.26. The van der Waals surface area contributed by atoms with Crippen molar-refractivity contribution >= 4 is 34.1 Å². The molecule has 0 aliphatic heterocycles. The SMILES string of the molecule is Cc1ccc(CSc2nnc(NC(=O)COc3ccc(C)c(C)c3)s2)cc1. The molecule has 0 aliphatic rings. The number of benzene rings is 2. The van der Waals surface area contributed by atoms with Crippen molar-refractivity contribution in [3.05, 3.63) is 64.7 Å². The summed E-state index contributed by atoms with van der Waals surface area (Å²) in [4.78, 5) is 12.1. The van der Waals surface area contributed by atoms with Crippen LogP contribution in [0.15, 0.2) is 46.8 Å². The van der Waals surface area contributed by atoms with E-state index in [4.69, 9.17) is 4.74 Å². The molecule has 0 spiro atoms. The van der Waals surface area contributed by atoms with Crippen LogP contribution in [-0.4, -0.2) is 22.7 Å². The van der Waals surface area contributed by atoms with Crippen molar-refractivity contribution in [3.63, 3.8) is 0 Å². The topological polar surface area (TPSA) is 64.1 Å². The van der Waals surface area contributed by atoms with Crippen molar-refractivity contribution in [2.45, 2.75) is 30.9 Å². The zero-order valence-corrected chi connectivity index (χ0v) is 17.1. The van der Waals surface area contributed by atoms with Crippen LogP contribution in [-0.2, 0) is 10.5 Å². The highest BCUT2D eigenvalue weighted by Gasteiger charge is 2.10. The maximum Gasteiger partial charge on any atom is 0.264 e. The van der Waals surface area contributed by atoms with Gasteiger partial charge in [-0.25, -0.2) is 0 Å². The van der Waals surface area contributed by atoms with E-state index in [1.165, 1.54) is 28.0 Å². The molecule has 0 fully saturated rings. The van der Waals surface area contributed by atoms with E-state index in [9.17, 15) is 4.79 Å². The average molecular weight is 400 g/mol. The van der Waals surface area contributed by atoms with Gasteiger partial charge in [0.05, 0.1) is 0 Å². The van der Waals surface area contributed by atoms with Gasteiger partial charge in [-0.2, -0.15) is 0 Å². The molecule has 140 valence electrons. The number of carbonyl (C=O) groups is 1. The molecule has 0 atom stereocenters. The fraction of sp³-hybridized carbons (Fsp3) is 0.250. The van der Waals surface area contributed by atoms with E-state index in [2.05, 4.69) is 46.7 Å². The van der Waals surface area contributed by atoms with E-state index in [1.807, 2.05) is 32.0 Å². The quantitative estimate of drug-likeness (QED) is 0.458. The van der Waals surface area contributed by atoms with Crippen molar-refractivity contribution in [2.75, 3.05) is 11.9 Å². The highest BCUT2D eigenvalue weighted by atomic mass is 32.2. The first-order valence-corrected chi connectivity index (χ1v) is 10.3. The zero-order valence-electron chi connectivity index (χ0n) is 15.5. The lowest BCUT2D eigenvalue weighted by atomic mass is 10.1. The van der Waals surface area contributed by atoms with Crippen LogP contribution < -0.4 is 10.1 Å². The summed E-state index contributed by atoms with van der Waals surface area (Å²) in [5, 5.41) is 11.4. The molecule has 3 rings (SSSR count). The molecular formula is C20H21N3O2S2. The van der Waals surface area contributed by atoms with E-state index in [1.54, 1.807) is 11.8 Å². The minimum Gasteiger partial charge on any atom is -0.484 e. The Bertz CT molecular complexity index is 923. The first-order chi connectivity index (χ1) is 13.0. The molecule has 0 aliphatic carbocycles. The molecule has 0 radical (unpaired) electrons. The lowest BCUT2D eigenvalue weighted by Gasteiger charge is -2.07. The molecule has 0 saturated heterocycles. The van der Waals surface area contributed by atoms with Crippen LogP contribution >= 0.6 is 23.1 Å². The number of hydrogen-bond donors (Lipinski definition) is 1. The van der Waals surface area contributed by atoms with Crippen LogP contribution in [0.2, 0.25) is 0 Å². The van der Waals surface area contributed by atoms with Crippen molar-refractivity contribution < 1.29 is 9.53 Å². The third-order valence-electron chi connectivity index (χ3n) is 3.98. The Kier molecular flexibility index (Phi) is 6.47. The predicted molar refractivity (Wildman–Crippen MR) is 111 cm³/mol. The number of amides is 1. The third-order valence-corrected chi connectivity index (χ3v) is 6.03. The molecule has 1 heterocycles. The van der Waals surface area contributed by atoms with Gasteiger partial charge in [0.1, 0.15) is 5.75 Å². The summed E-state index contributed by atoms with van der Waals surface area (Å²) >= 11 is 2.97. The number of carbonyl (C=O) groups excluding carboxylic acids is 1. The smallest absolute Gasteiger partial charge is 0.264 e. The van der Waals surface area contributed by atoms with E-state index in [0.29, 0.717) is 10.9 Å². The summed E-state index contributed by atoms with van der Waals surface area (Å²) < 4.78 is 6.36. The molecular weight excluding hydrogens is 378 g/mol. The van der Waals surface area contributed by atoms with Crippen LogP contribution in [0.3, 0.4) is 0 Å². The second kappa shape index (κ2) is 9.01. The molecule has 1 N–H and O–H groups in total. The Morgan fingerprint density at radius 2 is 1.85 bits per heavy atom. The monoisotopic (exact) mass is 399 g/mol. The van der Waals surface area contributed by atoms with Crippen molar-refractivity contribution in [3.8, 4) is 5.75 Å². The van der Waals surface area contributed by atoms with Gasteiger partial charge in [0, 0.05) is 5.75 Å². The predicted octanol–water partition coefficient (Wildman–Crippen LogP) is 4.77. The van der Waals surface area contributed by atoms with Crippen LogP contribution in [0.25, 0.3) is 0 Å². The van der Waals surface area contributed by atoms with E-state index in [0.717, 1.165) is 15.7 Å². The molecule has 3 aromatic rings. The molecule has 0 unspecified atom stereocenters. The number of ether oxygens (including phenoxy) is 1. The zero-order chi connectivity index (χ0) is 19.2. The molecule has 0 saturated carbocycles. The lowest BCUT2D eigenvalue weighted by Crippen LogP contribution is -2.20. The van der Waals surface area contributed by atoms with Gasteiger partial charge in [-0.05, 0) is 49.6 Å². The first-order valence-electron chi connectivity index (χ1n) is 8.51. The minimum absolute atomic E-state index is 0.0616. The van der Waals surface area contributed by atoms with Gasteiger partial charge in [0.25, 0.3) is 5.91 Å². The number of nitrogens with one attached hydrogen (secondary N) is 1. The summed E-state index contributed by atoms with van der Waals surface area (Å²) in [7, 11) is 0. The Morgan fingerprint density at radius 1 is 1.07 bits per heavy atom. The van der Waals surface area contributed by atoms with E-state index < -0.39 is 0 Å². The summed E-state index contributed by atoms with van der Waals surface area (Å²) in [6.07, 6.45) is 0. The standard InChI is InChI=1S/C20H21N3O2S2/c1-13-4-7-16(8-5-13)12-26-20-23-22-19(27-20)21-18(24)11-25-17-9-6-14(2)15(3)10-17/h4-10H,11-12H2,1-3H3,(H,21,22,24). The number of anilines is 1. The number of thioether (sulfide) groups is 1. The molecule has 1 amide bonds. The molecule has 0 bridgehead atoms. The maximum atomic E-state index is 12.1. The maximum absolute atomic E-state index is 12.1. The Morgan fingerprint density at radius 3 is 2.59 bits per heavy atom. The molecule has 7 heteroatoms. The fourth-order valence-corrected chi connectivity index (χ4v) is 3.98. The van der Waals surface area contributed by atoms with Gasteiger partial charge < -0.3 is 4.74 Å². The second-order valence-corrected chi connectivity index (χ2v) is 8.43. The van der Waals surface area contributed by atoms with Gasteiger partial charge in [0.15, 0.2) is 10.9 Å². The van der Waals surface area contributed by atoms with Gasteiger partial charge in [-0.3, -0.25) is 10.1 Å². The highest BCUT2D eigenvalue weighted by molar-refractivity contribution is 8.00. The normalized spacial score (nSPS) is 10.6. The number of aromatic nitrogens is 2. The first kappa shape index (κ1) is 19.4. The van der Waals surface area contributed by atoms with Gasteiger partial charge in [-0.1, -0.05) is 59.0 Å². The number of aryl methyl sites for hydroxylation is 3. The van der Waals surface area contributed by atoms with E-state index >= 15 is 0 Å². The van der Waals surface area contributed by atoms with Crippen molar-refractivity contribution in [2.24, 2.45) is 0 Å². The van der Waals surface area contributed by atoms with Crippen LogP contribution in [0.4, 0.5) is 5.13 Å². The lowest BCUT2D eigenvalue weighted by molar-refractivity contribution is -0.118. The summed E-state index contributed by atoms with van der Waals surface area (Å²) in [5.74, 6) is 1.25. The molecule has 5 nitrogen and oxygen atoms in total. The van der Waals surface area contributed by atoms with Crippen LogP contribution in [0.5, 0.6) is 5.75 Å². The average Bonchev–Trinajstić information content (AvgIpc) is 3.09. The summed E-state index contributed by atoms with van der Waals surface area (Å²) in [5.41, 5.74) is 4.80.